The van der Waals surface area contributed by atoms with Gasteiger partial charge in [-0.05, 0) is 13.8 Å². The van der Waals surface area contributed by atoms with E-state index < -0.39 is 0 Å². The summed E-state index contributed by atoms with van der Waals surface area (Å²) >= 11 is 0. The molecule has 0 fully saturated rings. The third-order valence-corrected chi connectivity index (χ3v) is 1.00. The Balaban J connectivity index is 3.84. The molecule has 0 heterocycles. The largest absolute Gasteiger partial charge is 0.366 e. The quantitative estimate of drug-likeness (QED) is 0.517. The molecule has 0 rings (SSSR count). The van der Waals surface area contributed by atoms with E-state index in [1.165, 1.54) is 0 Å². The van der Waals surface area contributed by atoms with Gasteiger partial charge in [-0.1, -0.05) is 11.8 Å². The van der Waals surface area contributed by atoms with E-state index >= 15 is 0 Å². The van der Waals surface area contributed by atoms with Crippen LogP contribution in [0.15, 0.2) is 0 Å². The first kappa shape index (κ1) is 8.48. The molecule has 0 saturated carbocycles. The Labute approximate surface area is 56.4 Å². The second-order valence-corrected chi connectivity index (χ2v) is 2.22. The standard InChI is InChI=1S/C7H13NO/c1-7(2,9-3)5-4-6-8/h6,8H2,1-3H3. The molecule has 0 spiro atoms. The second-order valence-electron chi connectivity index (χ2n) is 2.22. The summed E-state index contributed by atoms with van der Waals surface area (Å²) in [6.45, 7) is 4.19. The molecule has 9 heavy (non-hydrogen) atoms. The van der Waals surface area contributed by atoms with Crippen LogP contribution in [-0.4, -0.2) is 19.3 Å². The second kappa shape index (κ2) is 3.49. The van der Waals surface area contributed by atoms with E-state index in [1.54, 1.807) is 7.11 Å². The molecule has 0 amide bonds. The van der Waals surface area contributed by atoms with Crippen molar-refractivity contribution >= 4 is 0 Å². The normalized spacial score (nSPS) is 10.2. The highest BCUT2D eigenvalue weighted by atomic mass is 16.5. The highest BCUT2D eigenvalue weighted by molar-refractivity contribution is 5.11. The minimum atomic E-state index is -0.348. The van der Waals surface area contributed by atoms with Gasteiger partial charge in [0, 0.05) is 7.11 Å². The summed E-state index contributed by atoms with van der Waals surface area (Å²) in [6.07, 6.45) is 0. The molecule has 0 aliphatic rings. The fraction of sp³-hybridized carbons (Fsp3) is 0.714. The van der Waals surface area contributed by atoms with Crippen LogP contribution in [0.4, 0.5) is 0 Å². The van der Waals surface area contributed by atoms with Gasteiger partial charge in [-0.3, -0.25) is 0 Å². The minimum Gasteiger partial charge on any atom is -0.366 e. The number of hydrogen-bond donors (Lipinski definition) is 1. The van der Waals surface area contributed by atoms with Crippen LogP contribution >= 0.6 is 0 Å². The lowest BCUT2D eigenvalue weighted by Gasteiger charge is -2.13. The predicted octanol–water partition coefficient (Wildman–Crippen LogP) is 0.374. The summed E-state index contributed by atoms with van der Waals surface area (Å²) in [7, 11) is 1.63. The van der Waals surface area contributed by atoms with Crippen LogP contribution in [0.25, 0.3) is 0 Å². The van der Waals surface area contributed by atoms with Gasteiger partial charge in [0.2, 0.25) is 0 Å². The highest BCUT2D eigenvalue weighted by Crippen LogP contribution is 2.03. The molecule has 0 saturated heterocycles. The lowest BCUT2D eigenvalue weighted by Crippen LogP contribution is -2.19. The highest BCUT2D eigenvalue weighted by Gasteiger charge is 2.09. The molecular weight excluding hydrogens is 114 g/mol. The third kappa shape index (κ3) is 4.01. The average molecular weight is 127 g/mol. The maximum absolute atomic E-state index is 5.16. The van der Waals surface area contributed by atoms with Crippen molar-refractivity contribution in [1.82, 2.24) is 0 Å². The lowest BCUT2D eigenvalue weighted by atomic mass is 10.1. The van der Waals surface area contributed by atoms with Gasteiger partial charge in [0.1, 0.15) is 5.60 Å². The SMILES string of the molecule is COC(C)(C)C#CCN. The van der Waals surface area contributed by atoms with Gasteiger partial charge < -0.3 is 10.5 Å². The molecule has 0 aromatic carbocycles. The molecule has 2 nitrogen and oxygen atoms in total. The number of rotatable bonds is 1. The lowest BCUT2D eigenvalue weighted by molar-refractivity contribution is 0.0741. The van der Waals surface area contributed by atoms with Gasteiger partial charge in [-0.2, -0.15) is 0 Å². The van der Waals surface area contributed by atoms with Gasteiger partial charge in [-0.25, -0.2) is 0 Å². The van der Waals surface area contributed by atoms with E-state index in [4.69, 9.17) is 10.5 Å². The van der Waals surface area contributed by atoms with Gasteiger partial charge in [0.25, 0.3) is 0 Å². The van der Waals surface area contributed by atoms with Crippen LogP contribution in [0.2, 0.25) is 0 Å². The molecule has 0 bridgehead atoms. The van der Waals surface area contributed by atoms with Gasteiger partial charge in [0.15, 0.2) is 0 Å². The molecule has 0 aromatic rings. The Morgan fingerprint density at radius 2 is 2.11 bits per heavy atom. The van der Waals surface area contributed by atoms with Crippen molar-refractivity contribution in [2.75, 3.05) is 13.7 Å². The summed E-state index contributed by atoms with van der Waals surface area (Å²) in [5.41, 5.74) is 4.81. The molecule has 2 N–H and O–H groups in total. The fourth-order valence-electron chi connectivity index (χ4n) is 0.315. The van der Waals surface area contributed by atoms with Crippen LogP contribution in [0.3, 0.4) is 0 Å². The van der Waals surface area contributed by atoms with Crippen molar-refractivity contribution in [3.8, 4) is 11.8 Å². The minimum absolute atomic E-state index is 0.348. The van der Waals surface area contributed by atoms with Crippen LogP contribution in [0, 0.1) is 11.8 Å². The first-order valence-corrected chi connectivity index (χ1v) is 2.87. The van der Waals surface area contributed by atoms with Crippen molar-refractivity contribution in [2.24, 2.45) is 5.73 Å². The van der Waals surface area contributed by atoms with E-state index in [9.17, 15) is 0 Å². The zero-order valence-corrected chi connectivity index (χ0v) is 6.19. The van der Waals surface area contributed by atoms with Crippen molar-refractivity contribution in [3.63, 3.8) is 0 Å². The van der Waals surface area contributed by atoms with Crippen LogP contribution in [-0.2, 0) is 4.74 Å². The molecule has 0 atom stereocenters. The molecular formula is C7H13NO. The van der Waals surface area contributed by atoms with Crippen molar-refractivity contribution in [2.45, 2.75) is 19.4 Å². The maximum Gasteiger partial charge on any atom is 0.122 e. The fourth-order valence-corrected chi connectivity index (χ4v) is 0.315. The Morgan fingerprint density at radius 1 is 1.56 bits per heavy atom. The van der Waals surface area contributed by atoms with Crippen LogP contribution < -0.4 is 5.73 Å². The monoisotopic (exact) mass is 127 g/mol. The number of hydrogen-bond acceptors (Lipinski definition) is 2. The third-order valence-electron chi connectivity index (χ3n) is 1.00. The smallest absolute Gasteiger partial charge is 0.122 e. The first-order valence-electron chi connectivity index (χ1n) is 2.87. The van der Waals surface area contributed by atoms with Crippen LogP contribution in [0.5, 0.6) is 0 Å². The Kier molecular flexibility index (Phi) is 3.29. The van der Waals surface area contributed by atoms with E-state index in [0.717, 1.165) is 0 Å². The topological polar surface area (TPSA) is 35.2 Å². The zero-order valence-electron chi connectivity index (χ0n) is 6.19. The van der Waals surface area contributed by atoms with Gasteiger partial charge in [-0.15, -0.1) is 0 Å². The number of nitrogens with two attached hydrogens (primary N) is 1. The van der Waals surface area contributed by atoms with E-state index in [0.29, 0.717) is 6.54 Å². The molecule has 0 aliphatic carbocycles. The summed E-state index contributed by atoms with van der Waals surface area (Å²) in [4.78, 5) is 0. The van der Waals surface area contributed by atoms with Crippen molar-refractivity contribution in [3.05, 3.63) is 0 Å². The molecule has 0 aliphatic heterocycles. The van der Waals surface area contributed by atoms with Crippen molar-refractivity contribution in [1.29, 1.82) is 0 Å². The summed E-state index contributed by atoms with van der Waals surface area (Å²) in [5, 5.41) is 0. The summed E-state index contributed by atoms with van der Waals surface area (Å²) in [5.74, 6) is 5.60. The molecule has 0 radical (unpaired) electrons. The zero-order chi connectivity index (χ0) is 7.33. The van der Waals surface area contributed by atoms with Crippen LogP contribution in [0.1, 0.15) is 13.8 Å². The summed E-state index contributed by atoms with van der Waals surface area (Å²) < 4.78 is 5.01. The molecule has 52 valence electrons. The first-order chi connectivity index (χ1) is 4.12. The predicted molar refractivity (Wildman–Crippen MR) is 37.9 cm³/mol. The van der Waals surface area contributed by atoms with Gasteiger partial charge in [0.05, 0.1) is 6.54 Å². The Hall–Kier alpha value is -0.520. The number of ether oxygens (including phenoxy) is 1. The van der Waals surface area contributed by atoms with Crippen molar-refractivity contribution < 1.29 is 4.74 Å². The van der Waals surface area contributed by atoms with E-state index in [-0.39, 0.29) is 5.60 Å². The maximum atomic E-state index is 5.16. The van der Waals surface area contributed by atoms with Gasteiger partial charge >= 0.3 is 0 Å². The Morgan fingerprint density at radius 3 is 2.44 bits per heavy atom. The van der Waals surface area contributed by atoms with E-state index in [1.807, 2.05) is 13.8 Å². The number of methoxy groups -OCH3 is 1. The Bertz CT molecular complexity index is 130. The molecule has 0 aromatic heterocycles. The molecule has 2 heteroatoms. The summed E-state index contributed by atoms with van der Waals surface area (Å²) in [6, 6.07) is 0. The molecule has 0 unspecified atom stereocenters. The average Bonchev–Trinajstić information content (AvgIpc) is 1.84. The van der Waals surface area contributed by atoms with E-state index in [2.05, 4.69) is 11.8 Å².